The minimum absolute atomic E-state index is 0.107. The van der Waals surface area contributed by atoms with Crippen molar-refractivity contribution >= 4 is 6.03 Å². The third-order valence-electron chi connectivity index (χ3n) is 3.90. The van der Waals surface area contributed by atoms with E-state index in [4.69, 9.17) is 4.74 Å². The number of hydrogen-bond donors (Lipinski definition) is 1. The molecule has 0 bridgehead atoms. The molecule has 0 aliphatic carbocycles. The van der Waals surface area contributed by atoms with E-state index in [2.05, 4.69) is 15.4 Å². The highest BCUT2D eigenvalue weighted by Crippen LogP contribution is 2.22. The van der Waals surface area contributed by atoms with Gasteiger partial charge in [-0.15, -0.1) is 0 Å². The fourth-order valence-electron chi connectivity index (χ4n) is 2.61. The molecule has 3 rings (SSSR count). The van der Waals surface area contributed by atoms with Crippen LogP contribution in [0.15, 0.2) is 36.9 Å². The predicted octanol–water partition coefficient (Wildman–Crippen LogP) is 1.59. The molecule has 0 unspecified atom stereocenters. The van der Waals surface area contributed by atoms with Gasteiger partial charge in [0.2, 0.25) is 0 Å². The van der Waals surface area contributed by atoms with Gasteiger partial charge in [-0.05, 0) is 24.1 Å². The molecule has 128 valence electrons. The summed E-state index contributed by atoms with van der Waals surface area (Å²) in [7, 11) is 0. The van der Waals surface area contributed by atoms with Crippen LogP contribution in [0.5, 0.6) is 0 Å². The van der Waals surface area contributed by atoms with Gasteiger partial charge in [-0.1, -0.05) is 12.1 Å². The van der Waals surface area contributed by atoms with Crippen LogP contribution in [0, 0.1) is 5.82 Å². The Morgan fingerprint density at radius 2 is 2.21 bits per heavy atom. The minimum atomic E-state index is -0.281. The van der Waals surface area contributed by atoms with Gasteiger partial charge in [-0.25, -0.2) is 14.2 Å². The lowest BCUT2D eigenvalue weighted by molar-refractivity contribution is -0.0154. The molecule has 1 atom stereocenters. The zero-order chi connectivity index (χ0) is 16.8. The fourth-order valence-corrected chi connectivity index (χ4v) is 2.61. The average molecular weight is 333 g/mol. The maximum Gasteiger partial charge on any atom is 0.317 e. The van der Waals surface area contributed by atoms with E-state index in [-0.39, 0.29) is 18.0 Å². The van der Waals surface area contributed by atoms with Crippen molar-refractivity contribution in [3.63, 3.8) is 0 Å². The number of amides is 2. The number of ether oxygens (including phenoxy) is 1. The van der Waals surface area contributed by atoms with Crippen LogP contribution in [0.1, 0.15) is 18.1 Å². The molecular weight excluding hydrogens is 313 g/mol. The van der Waals surface area contributed by atoms with E-state index >= 15 is 0 Å². The molecule has 1 N–H and O–H groups in total. The van der Waals surface area contributed by atoms with Gasteiger partial charge in [0, 0.05) is 19.6 Å². The molecule has 1 aromatic heterocycles. The lowest BCUT2D eigenvalue weighted by atomic mass is 10.1. The van der Waals surface area contributed by atoms with Crippen molar-refractivity contribution in [3.8, 4) is 0 Å². The van der Waals surface area contributed by atoms with E-state index in [0.717, 1.165) is 12.0 Å². The van der Waals surface area contributed by atoms with Crippen molar-refractivity contribution in [2.75, 3.05) is 26.2 Å². The smallest absolute Gasteiger partial charge is 0.317 e. The Kier molecular flexibility index (Phi) is 5.37. The first-order valence-electron chi connectivity index (χ1n) is 7.94. The molecular formula is C16H20FN5O2. The summed E-state index contributed by atoms with van der Waals surface area (Å²) in [6.45, 7) is 2.75. The fraction of sp³-hybridized carbons (Fsp3) is 0.438. The molecule has 2 heterocycles. The molecule has 24 heavy (non-hydrogen) atoms. The van der Waals surface area contributed by atoms with Crippen LogP contribution >= 0.6 is 0 Å². The highest BCUT2D eigenvalue weighted by atomic mass is 19.1. The van der Waals surface area contributed by atoms with Crippen LogP contribution in [-0.2, 0) is 11.3 Å². The van der Waals surface area contributed by atoms with Gasteiger partial charge in [-0.3, -0.25) is 4.68 Å². The van der Waals surface area contributed by atoms with Crippen LogP contribution in [0.4, 0.5) is 9.18 Å². The normalized spacial score (nSPS) is 17.7. The Morgan fingerprint density at radius 3 is 2.96 bits per heavy atom. The summed E-state index contributed by atoms with van der Waals surface area (Å²) in [5.41, 5.74) is 0.875. The first kappa shape index (κ1) is 16.4. The summed E-state index contributed by atoms with van der Waals surface area (Å²) in [4.78, 5) is 17.9. The topological polar surface area (TPSA) is 72.3 Å². The van der Waals surface area contributed by atoms with Crippen LogP contribution in [0.2, 0.25) is 0 Å². The number of carbonyl (C=O) groups is 1. The summed E-state index contributed by atoms with van der Waals surface area (Å²) in [5, 5.41) is 6.92. The van der Waals surface area contributed by atoms with E-state index in [1.54, 1.807) is 28.0 Å². The van der Waals surface area contributed by atoms with Crippen LogP contribution < -0.4 is 5.32 Å². The largest absolute Gasteiger partial charge is 0.370 e. The second-order valence-corrected chi connectivity index (χ2v) is 5.60. The van der Waals surface area contributed by atoms with Gasteiger partial charge in [0.1, 0.15) is 24.6 Å². The zero-order valence-electron chi connectivity index (χ0n) is 13.3. The Hall–Kier alpha value is -2.48. The molecule has 1 saturated heterocycles. The van der Waals surface area contributed by atoms with Crippen molar-refractivity contribution in [2.24, 2.45) is 0 Å². The third-order valence-corrected chi connectivity index (χ3v) is 3.90. The number of carbonyl (C=O) groups excluding carboxylic acids is 1. The number of aryl methyl sites for hydroxylation is 1. The first-order valence-corrected chi connectivity index (χ1v) is 7.94. The number of rotatable bonds is 5. The Labute approximate surface area is 139 Å². The summed E-state index contributed by atoms with van der Waals surface area (Å²) in [6.07, 6.45) is 3.69. The Balaban J connectivity index is 1.45. The SMILES string of the molecule is O=C(NCCCn1cncn1)N1CCO[C@H](c2ccc(F)cc2)C1. The molecule has 2 aromatic rings. The molecule has 1 aliphatic rings. The highest BCUT2D eigenvalue weighted by Gasteiger charge is 2.25. The number of urea groups is 1. The zero-order valence-corrected chi connectivity index (χ0v) is 13.3. The molecule has 0 radical (unpaired) electrons. The van der Waals surface area contributed by atoms with Crippen LogP contribution in [0.3, 0.4) is 0 Å². The number of aromatic nitrogens is 3. The van der Waals surface area contributed by atoms with Crippen molar-refractivity contribution in [1.29, 1.82) is 0 Å². The van der Waals surface area contributed by atoms with Gasteiger partial charge in [0.05, 0.1) is 13.2 Å². The van der Waals surface area contributed by atoms with E-state index in [0.29, 0.717) is 32.8 Å². The number of halogens is 1. The van der Waals surface area contributed by atoms with Gasteiger partial charge < -0.3 is 15.0 Å². The van der Waals surface area contributed by atoms with Crippen LogP contribution in [-0.4, -0.2) is 51.9 Å². The van der Waals surface area contributed by atoms with Gasteiger partial charge in [0.25, 0.3) is 0 Å². The molecule has 0 saturated carbocycles. The third kappa shape index (κ3) is 4.29. The van der Waals surface area contributed by atoms with E-state index in [1.807, 2.05) is 0 Å². The number of morpholine rings is 1. The number of nitrogens with one attached hydrogen (secondary N) is 1. The number of hydrogen-bond acceptors (Lipinski definition) is 4. The van der Waals surface area contributed by atoms with Crippen molar-refractivity contribution in [2.45, 2.75) is 19.1 Å². The summed E-state index contributed by atoms with van der Waals surface area (Å²) < 4.78 is 20.4. The quantitative estimate of drug-likeness (QED) is 0.844. The van der Waals surface area contributed by atoms with Crippen molar-refractivity contribution in [3.05, 3.63) is 48.3 Å². The van der Waals surface area contributed by atoms with E-state index in [9.17, 15) is 9.18 Å². The van der Waals surface area contributed by atoms with E-state index < -0.39 is 0 Å². The summed E-state index contributed by atoms with van der Waals surface area (Å²) in [6, 6.07) is 6.09. The van der Waals surface area contributed by atoms with Crippen LogP contribution in [0.25, 0.3) is 0 Å². The second-order valence-electron chi connectivity index (χ2n) is 5.60. The maximum absolute atomic E-state index is 13.0. The monoisotopic (exact) mass is 333 g/mol. The lowest BCUT2D eigenvalue weighted by Crippen LogP contribution is -2.47. The van der Waals surface area contributed by atoms with Gasteiger partial charge in [0.15, 0.2) is 0 Å². The number of nitrogens with zero attached hydrogens (tertiary/aromatic N) is 4. The van der Waals surface area contributed by atoms with Gasteiger partial charge >= 0.3 is 6.03 Å². The van der Waals surface area contributed by atoms with Gasteiger partial charge in [-0.2, -0.15) is 5.10 Å². The maximum atomic E-state index is 13.0. The lowest BCUT2D eigenvalue weighted by Gasteiger charge is -2.33. The Bertz CT molecular complexity index is 647. The van der Waals surface area contributed by atoms with E-state index in [1.165, 1.54) is 18.5 Å². The van der Waals surface area contributed by atoms with Crippen molar-refractivity contribution in [1.82, 2.24) is 25.0 Å². The summed E-state index contributed by atoms with van der Waals surface area (Å²) >= 11 is 0. The first-order chi connectivity index (χ1) is 11.7. The molecule has 2 amide bonds. The molecule has 1 fully saturated rings. The summed E-state index contributed by atoms with van der Waals surface area (Å²) in [5.74, 6) is -0.281. The highest BCUT2D eigenvalue weighted by molar-refractivity contribution is 5.74. The van der Waals surface area contributed by atoms with Crippen molar-refractivity contribution < 1.29 is 13.9 Å². The molecule has 8 heteroatoms. The Morgan fingerprint density at radius 1 is 1.38 bits per heavy atom. The molecule has 1 aromatic carbocycles. The minimum Gasteiger partial charge on any atom is -0.370 e. The average Bonchev–Trinajstić information content (AvgIpc) is 3.13. The second kappa shape index (κ2) is 7.87. The molecule has 1 aliphatic heterocycles. The molecule has 0 spiro atoms. The standard InChI is InChI=1S/C16H20FN5O2/c17-14-4-2-13(3-5-14)15-10-21(8-9-24-15)16(23)19-6-1-7-22-12-18-11-20-22/h2-5,11-12,15H,1,6-10H2,(H,19,23)/t15-/m0/s1. The molecule has 7 nitrogen and oxygen atoms in total. The number of benzene rings is 1. The predicted molar refractivity (Wildman–Crippen MR) is 84.7 cm³/mol.